The van der Waals surface area contributed by atoms with E-state index in [9.17, 15) is 0 Å². The monoisotopic (exact) mass is 383 g/mol. The molecular weight excluding hydrogens is 366 g/mol. The van der Waals surface area contributed by atoms with E-state index in [2.05, 4.69) is 47.6 Å². The molecule has 0 unspecified atom stereocenters. The number of hydrogen-bond donors (Lipinski definition) is 2. The first-order valence-corrected chi connectivity index (χ1v) is 8.41. The van der Waals surface area contributed by atoms with Gasteiger partial charge in [0.1, 0.15) is 5.82 Å². The topological polar surface area (TPSA) is 62.7 Å². The largest absolute Gasteiger partial charge is 0.366 e. The molecule has 3 rings (SSSR count). The van der Waals surface area contributed by atoms with Crippen molar-refractivity contribution in [1.82, 2.24) is 15.0 Å². The zero-order valence-corrected chi connectivity index (χ0v) is 15.1. The van der Waals surface area contributed by atoms with Gasteiger partial charge in [0.2, 0.25) is 5.95 Å². The molecule has 2 N–H and O–H groups in total. The number of nitrogens with zero attached hydrogens (tertiary/aromatic N) is 3. The Kier molecular flexibility index (Phi) is 5.05. The van der Waals surface area contributed by atoms with Gasteiger partial charge in [-0.05, 0) is 55.3 Å². The number of hydrogen-bond acceptors (Lipinski definition) is 5. The van der Waals surface area contributed by atoms with Gasteiger partial charge in [-0.25, -0.2) is 4.98 Å². The summed E-state index contributed by atoms with van der Waals surface area (Å²) >= 11 is 3.51. The van der Waals surface area contributed by atoms with Crippen LogP contribution in [0, 0.1) is 13.8 Å². The van der Waals surface area contributed by atoms with Gasteiger partial charge in [0.25, 0.3) is 0 Å². The number of anilines is 3. The quantitative estimate of drug-likeness (QED) is 0.673. The summed E-state index contributed by atoms with van der Waals surface area (Å²) in [7, 11) is 0. The maximum atomic E-state index is 4.54. The summed E-state index contributed by atoms with van der Waals surface area (Å²) in [4.78, 5) is 13.0. The number of aromatic nitrogens is 3. The molecule has 0 aliphatic rings. The third-order valence-electron chi connectivity index (χ3n) is 3.49. The second-order valence-electron chi connectivity index (χ2n) is 5.52. The van der Waals surface area contributed by atoms with Crippen molar-refractivity contribution in [3.63, 3.8) is 0 Å². The molecule has 5 nitrogen and oxygen atoms in total. The van der Waals surface area contributed by atoms with Crippen LogP contribution in [0.2, 0.25) is 0 Å². The fourth-order valence-corrected chi connectivity index (χ4v) is 2.51. The molecule has 0 aliphatic heterocycles. The standard InChI is InChI=1S/C18H18BrN5/c1-12-9-15(3-4-16(12)19)23-18-22-13(2)10-17(24-18)21-11-14-5-7-20-8-6-14/h3-10H,11H2,1-2H3,(H2,21,22,23,24). The van der Waals surface area contributed by atoms with Crippen molar-refractivity contribution in [2.24, 2.45) is 0 Å². The number of rotatable bonds is 5. The van der Waals surface area contributed by atoms with Gasteiger partial charge in [0.15, 0.2) is 0 Å². The molecule has 6 heteroatoms. The highest BCUT2D eigenvalue weighted by atomic mass is 79.9. The molecule has 0 radical (unpaired) electrons. The second-order valence-corrected chi connectivity index (χ2v) is 6.37. The lowest BCUT2D eigenvalue weighted by Crippen LogP contribution is -2.05. The van der Waals surface area contributed by atoms with Crippen LogP contribution in [0.1, 0.15) is 16.8 Å². The van der Waals surface area contributed by atoms with Crippen LogP contribution in [-0.4, -0.2) is 15.0 Å². The van der Waals surface area contributed by atoms with Crippen molar-refractivity contribution >= 4 is 33.4 Å². The molecule has 3 aromatic rings. The van der Waals surface area contributed by atoms with E-state index in [0.29, 0.717) is 12.5 Å². The molecule has 0 spiro atoms. The van der Waals surface area contributed by atoms with Crippen LogP contribution >= 0.6 is 15.9 Å². The van der Waals surface area contributed by atoms with Crippen molar-refractivity contribution in [2.75, 3.05) is 10.6 Å². The highest BCUT2D eigenvalue weighted by Gasteiger charge is 2.04. The Bertz CT molecular complexity index is 836. The molecule has 0 atom stereocenters. The van der Waals surface area contributed by atoms with Gasteiger partial charge in [0, 0.05) is 40.9 Å². The summed E-state index contributed by atoms with van der Waals surface area (Å²) in [5.74, 6) is 1.37. The molecule has 1 aromatic carbocycles. The van der Waals surface area contributed by atoms with Gasteiger partial charge < -0.3 is 10.6 Å². The van der Waals surface area contributed by atoms with Gasteiger partial charge in [0.05, 0.1) is 0 Å². The minimum Gasteiger partial charge on any atom is -0.366 e. The van der Waals surface area contributed by atoms with E-state index in [4.69, 9.17) is 0 Å². The lowest BCUT2D eigenvalue weighted by molar-refractivity contribution is 1.05. The molecule has 2 heterocycles. The molecule has 0 aliphatic carbocycles. The fourth-order valence-electron chi connectivity index (χ4n) is 2.26. The molecule has 0 saturated heterocycles. The molecule has 0 saturated carbocycles. The van der Waals surface area contributed by atoms with Crippen LogP contribution < -0.4 is 10.6 Å². The van der Waals surface area contributed by atoms with Crippen LogP contribution in [0.15, 0.2) is 53.3 Å². The van der Waals surface area contributed by atoms with Crippen LogP contribution in [-0.2, 0) is 6.54 Å². The van der Waals surface area contributed by atoms with Crippen LogP contribution in [0.25, 0.3) is 0 Å². The van der Waals surface area contributed by atoms with E-state index in [-0.39, 0.29) is 0 Å². The number of nitrogens with one attached hydrogen (secondary N) is 2. The van der Waals surface area contributed by atoms with Crippen LogP contribution in [0.5, 0.6) is 0 Å². The minimum atomic E-state index is 0.578. The zero-order valence-electron chi connectivity index (χ0n) is 13.5. The number of halogens is 1. The van der Waals surface area contributed by atoms with Gasteiger partial charge in [-0.15, -0.1) is 0 Å². The van der Waals surface area contributed by atoms with E-state index >= 15 is 0 Å². The Labute approximate surface area is 149 Å². The van der Waals surface area contributed by atoms with E-state index in [0.717, 1.165) is 32.8 Å². The molecule has 0 fully saturated rings. The normalized spacial score (nSPS) is 10.5. The van der Waals surface area contributed by atoms with Crippen molar-refractivity contribution in [1.29, 1.82) is 0 Å². The average molecular weight is 384 g/mol. The van der Waals surface area contributed by atoms with Crippen molar-refractivity contribution in [2.45, 2.75) is 20.4 Å². The first-order valence-electron chi connectivity index (χ1n) is 7.62. The van der Waals surface area contributed by atoms with Gasteiger partial charge in [-0.3, -0.25) is 4.98 Å². The molecular formula is C18H18BrN5. The van der Waals surface area contributed by atoms with Gasteiger partial charge in [-0.2, -0.15) is 4.98 Å². The highest BCUT2D eigenvalue weighted by molar-refractivity contribution is 9.10. The molecule has 24 heavy (non-hydrogen) atoms. The molecule has 122 valence electrons. The SMILES string of the molecule is Cc1cc(NCc2ccncc2)nc(Nc2ccc(Br)c(C)c2)n1. The highest BCUT2D eigenvalue weighted by Crippen LogP contribution is 2.22. The summed E-state index contributed by atoms with van der Waals surface area (Å²) in [6, 6.07) is 11.9. The summed E-state index contributed by atoms with van der Waals surface area (Å²) < 4.78 is 1.08. The minimum absolute atomic E-state index is 0.578. The average Bonchev–Trinajstić information content (AvgIpc) is 2.57. The number of aryl methyl sites for hydroxylation is 2. The predicted octanol–water partition coefficient (Wildman–Crippen LogP) is 4.61. The Morgan fingerprint density at radius 2 is 1.79 bits per heavy atom. The van der Waals surface area contributed by atoms with E-state index in [1.807, 2.05) is 44.2 Å². The summed E-state index contributed by atoms with van der Waals surface area (Å²) in [5.41, 5.74) is 4.17. The van der Waals surface area contributed by atoms with E-state index < -0.39 is 0 Å². The maximum Gasteiger partial charge on any atom is 0.229 e. The van der Waals surface area contributed by atoms with Crippen molar-refractivity contribution in [3.8, 4) is 0 Å². The van der Waals surface area contributed by atoms with Gasteiger partial charge in [-0.1, -0.05) is 15.9 Å². The Hall–Kier alpha value is -2.47. The number of pyridine rings is 1. The van der Waals surface area contributed by atoms with E-state index in [1.165, 1.54) is 0 Å². The molecule has 0 bridgehead atoms. The third-order valence-corrected chi connectivity index (χ3v) is 4.38. The van der Waals surface area contributed by atoms with Crippen LogP contribution in [0.4, 0.5) is 17.5 Å². The first-order chi connectivity index (χ1) is 11.6. The zero-order chi connectivity index (χ0) is 16.9. The maximum absolute atomic E-state index is 4.54. The second kappa shape index (κ2) is 7.40. The summed E-state index contributed by atoms with van der Waals surface area (Å²) in [6.45, 7) is 4.70. The van der Waals surface area contributed by atoms with Crippen molar-refractivity contribution < 1.29 is 0 Å². The molecule has 2 aromatic heterocycles. The smallest absolute Gasteiger partial charge is 0.229 e. The van der Waals surface area contributed by atoms with Gasteiger partial charge >= 0.3 is 0 Å². The van der Waals surface area contributed by atoms with Crippen molar-refractivity contribution in [3.05, 3.63) is 70.1 Å². The van der Waals surface area contributed by atoms with E-state index in [1.54, 1.807) is 12.4 Å². The lowest BCUT2D eigenvalue weighted by atomic mass is 10.2. The predicted molar refractivity (Wildman–Crippen MR) is 100 cm³/mol. The lowest BCUT2D eigenvalue weighted by Gasteiger charge is -2.11. The molecule has 0 amide bonds. The Morgan fingerprint density at radius 1 is 1.00 bits per heavy atom. The fraction of sp³-hybridized carbons (Fsp3) is 0.167. The third kappa shape index (κ3) is 4.29. The Morgan fingerprint density at radius 3 is 2.54 bits per heavy atom. The summed E-state index contributed by atoms with van der Waals surface area (Å²) in [6.07, 6.45) is 3.57. The Balaban J connectivity index is 1.74. The summed E-state index contributed by atoms with van der Waals surface area (Å²) in [5, 5.41) is 6.58. The number of benzene rings is 1. The van der Waals surface area contributed by atoms with Crippen LogP contribution in [0.3, 0.4) is 0 Å². The first kappa shape index (κ1) is 16.4.